The number of benzene rings is 2. The minimum absolute atomic E-state index is 0.0122. The smallest absolute Gasteiger partial charge is 0.243 e. The summed E-state index contributed by atoms with van der Waals surface area (Å²) >= 11 is 0. The van der Waals surface area contributed by atoms with Gasteiger partial charge >= 0.3 is 0 Å². The molecule has 0 fully saturated rings. The largest absolute Gasteiger partial charge is 0.399 e. The van der Waals surface area contributed by atoms with Crippen LogP contribution in [0.4, 0.5) is 11.6 Å². The lowest BCUT2D eigenvalue weighted by Gasteiger charge is -2.31. The average Bonchev–Trinajstić information content (AvgIpc) is 3.29. The van der Waals surface area contributed by atoms with Gasteiger partial charge in [0.05, 0.1) is 29.6 Å². The maximum Gasteiger partial charge on any atom is 0.243 e. The lowest BCUT2D eigenvalue weighted by molar-refractivity contribution is -0.123. The third-order valence-corrected chi connectivity index (χ3v) is 8.12. The molecule has 0 aliphatic heterocycles. The van der Waals surface area contributed by atoms with E-state index in [1.54, 1.807) is 0 Å². The number of rotatable bonds is 12. The van der Waals surface area contributed by atoms with E-state index in [0.29, 0.717) is 16.9 Å². The van der Waals surface area contributed by atoms with E-state index in [-0.39, 0.29) is 42.8 Å². The van der Waals surface area contributed by atoms with Crippen LogP contribution in [0.3, 0.4) is 0 Å². The van der Waals surface area contributed by atoms with E-state index in [1.807, 2.05) is 44.2 Å². The van der Waals surface area contributed by atoms with Crippen LogP contribution in [0.2, 0.25) is 0 Å². The highest BCUT2D eigenvalue weighted by atomic mass is 32.2. The predicted molar refractivity (Wildman–Crippen MR) is 152 cm³/mol. The second kappa shape index (κ2) is 12.4. The van der Waals surface area contributed by atoms with Gasteiger partial charge in [0, 0.05) is 18.8 Å². The molecule has 0 unspecified atom stereocenters. The summed E-state index contributed by atoms with van der Waals surface area (Å²) in [6.45, 7) is 3.61. The first-order chi connectivity index (χ1) is 19.0. The first-order valence-electron chi connectivity index (χ1n) is 12.8. The van der Waals surface area contributed by atoms with Crippen molar-refractivity contribution in [2.45, 2.75) is 43.9 Å². The fraction of sp³-hybridized carbons (Fsp3) is 0.333. The SMILES string of the molecule is CC(C)CN(C[C@@H](O)[C@H](Cc1ccccc1)NC(=O)Cn1cnc2cnc(N)nc21)S(=O)(=O)c1ccc(N)cc1. The van der Waals surface area contributed by atoms with Gasteiger partial charge in [-0.25, -0.2) is 18.4 Å². The summed E-state index contributed by atoms with van der Waals surface area (Å²) in [5.41, 5.74) is 13.6. The Balaban J connectivity index is 1.57. The van der Waals surface area contributed by atoms with Gasteiger partial charge in [-0.05, 0) is 42.2 Å². The topological polar surface area (TPSA) is 182 Å². The van der Waals surface area contributed by atoms with E-state index in [4.69, 9.17) is 11.5 Å². The quantitative estimate of drug-likeness (QED) is 0.184. The molecule has 0 aliphatic rings. The number of nitrogens with one attached hydrogen (secondary N) is 1. The number of anilines is 2. The van der Waals surface area contributed by atoms with E-state index in [9.17, 15) is 18.3 Å². The Labute approximate surface area is 233 Å². The van der Waals surface area contributed by atoms with Gasteiger partial charge in [0.15, 0.2) is 5.65 Å². The van der Waals surface area contributed by atoms with Crippen molar-refractivity contribution >= 4 is 38.7 Å². The van der Waals surface area contributed by atoms with E-state index >= 15 is 0 Å². The van der Waals surface area contributed by atoms with E-state index < -0.39 is 28.1 Å². The maximum atomic E-state index is 13.5. The minimum Gasteiger partial charge on any atom is -0.399 e. The molecule has 4 aromatic rings. The number of sulfonamides is 1. The monoisotopic (exact) mass is 566 g/mol. The predicted octanol–water partition coefficient (Wildman–Crippen LogP) is 1.43. The summed E-state index contributed by atoms with van der Waals surface area (Å²) in [6, 6.07) is 14.5. The number of aliphatic hydroxyl groups is 1. The second-order valence-corrected chi connectivity index (χ2v) is 12.0. The molecule has 2 atom stereocenters. The highest BCUT2D eigenvalue weighted by Gasteiger charge is 2.31. The number of carbonyl (C=O) groups excluding carboxylic acids is 1. The van der Waals surface area contributed by atoms with Gasteiger partial charge in [0.2, 0.25) is 21.9 Å². The Morgan fingerprint density at radius 3 is 2.42 bits per heavy atom. The molecule has 0 aliphatic carbocycles. The van der Waals surface area contributed by atoms with Crippen molar-refractivity contribution in [2.24, 2.45) is 5.92 Å². The van der Waals surface area contributed by atoms with Crippen molar-refractivity contribution < 1.29 is 18.3 Å². The molecule has 2 heterocycles. The molecule has 12 nitrogen and oxygen atoms in total. The summed E-state index contributed by atoms with van der Waals surface area (Å²) in [6.07, 6.45) is 2.00. The number of amides is 1. The molecule has 212 valence electrons. The molecule has 0 radical (unpaired) electrons. The summed E-state index contributed by atoms with van der Waals surface area (Å²) in [7, 11) is -3.95. The van der Waals surface area contributed by atoms with Crippen LogP contribution in [0.25, 0.3) is 11.2 Å². The van der Waals surface area contributed by atoms with E-state index in [1.165, 1.54) is 45.7 Å². The molecule has 2 aromatic heterocycles. The number of hydrogen-bond acceptors (Lipinski definition) is 9. The van der Waals surface area contributed by atoms with Crippen LogP contribution >= 0.6 is 0 Å². The number of nitrogen functional groups attached to an aromatic ring is 2. The Morgan fingerprint density at radius 2 is 1.75 bits per heavy atom. The van der Waals surface area contributed by atoms with Gasteiger partial charge in [-0.1, -0.05) is 44.2 Å². The molecule has 13 heteroatoms. The second-order valence-electron chi connectivity index (χ2n) is 10.0. The van der Waals surface area contributed by atoms with E-state index in [0.717, 1.165) is 5.56 Å². The number of nitrogens with two attached hydrogens (primary N) is 2. The zero-order valence-electron chi connectivity index (χ0n) is 22.4. The van der Waals surface area contributed by atoms with Crippen LogP contribution in [-0.2, 0) is 27.8 Å². The van der Waals surface area contributed by atoms with Crippen LogP contribution in [0, 0.1) is 5.92 Å². The molecule has 2 aromatic carbocycles. The normalized spacial score (nSPS) is 13.5. The molecule has 6 N–H and O–H groups in total. The van der Waals surface area contributed by atoms with Crippen LogP contribution in [-0.4, -0.2) is 68.5 Å². The summed E-state index contributed by atoms with van der Waals surface area (Å²) in [5, 5.41) is 14.3. The van der Waals surface area contributed by atoms with Gasteiger partial charge in [-0.3, -0.25) is 4.79 Å². The van der Waals surface area contributed by atoms with E-state index in [2.05, 4.69) is 20.3 Å². The van der Waals surface area contributed by atoms with Crippen molar-refractivity contribution in [3.05, 3.63) is 72.7 Å². The highest BCUT2D eigenvalue weighted by Crippen LogP contribution is 2.20. The molecule has 0 saturated heterocycles. The fourth-order valence-corrected chi connectivity index (χ4v) is 5.97. The number of fused-ring (bicyclic) bond motifs is 1. The van der Waals surface area contributed by atoms with Crippen molar-refractivity contribution in [2.75, 3.05) is 24.6 Å². The van der Waals surface area contributed by atoms with Crippen LogP contribution < -0.4 is 16.8 Å². The number of nitrogens with zero attached hydrogens (tertiary/aromatic N) is 5. The lowest BCUT2D eigenvalue weighted by atomic mass is 10.0. The Kier molecular flexibility index (Phi) is 8.97. The molecule has 0 saturated carbocycles. The molecule has 0 bridgehead atoms. The average molecular weight is 567 g/mol. The third kappa shape index (κ3) is 7.11. The summed E-state index contributed by atoms with van der Waals surface area (Å²) in [4.78, 5) is 25.5. The van der Waals surface area contributed by atoms with Crippen LogP contribution in [0.1, 0.15) is 19.4 Å². The highest BCUT2D eigenvalue weighted by molar-refractivity contribution is 7.89. The van der Waals surface area contributed by atoms with Gasteiger partial charge < -0.3 is 26.5 Å². The molecule has 0 spiro atoms. The number of imidazole rings is 1. The standard InChI is InChI=1S/C27H34N8O4S/c1-18(2)14-35(40(38,39)21-10-8-20(28)9-11-21)15-24(36)22(12-19-6-4-3-5-7-19)32-25(37)16-34-17-31-23-13-30-27(29)33-26(23)34/h3-11,13,17-18,22,24,36H,12,14-16,28H2,1-2H3,(H,32,37)(H2,29,30,33)/t22-,24+/m0/s1. The van der Waals surface area contributed by atoms with Crippen molar-refractivity contribution in [1.29, 1.82) is 0 Å². The first kappa shape index (κ1) is 28.9. The third-order valence-electron chi connectivity index (χ3n) is 6.28. The first-order valence-corrected chi connectivity index (χ1v) is 14.3. The molecule has 1 amide bonds. The van der Waals surface area contributed by atoms with Gasteiger partial charge in [0.25, 0.3) is 0 Å². The Morgan fingerprint density at radius 1 is 1.05 bits per heavy atom. The number of aliphatic hydroxyl groups excluding tert-OH is 1. The van der Waals surface area contributed by atoms with Crippen molar-refractivity contribution in [3.63, 3.8) is 0 Å². The zero-order valence-corrected chi connectivity index (χ0v) is 23.2. The summed E-state index contributed by atoms with van der Waals surface area (Å²) < 4.78 is 29.9. The lowest BCUT2D eigenvalue weighted by Crippen LogP contribution is -2.51. The van der Waals surface area contributed by atoms with Crippen LogP contribution in [0.5, 0.6) is 0 Å². The zero-order chi connectivity index (χ0) is 28.9. The van der Waals surface area contributed by atoms with Gasteiger partial charge in [-0.15, -0.1) is 0 Å². The van der Waals surface area contributed by atoms with Crippen molar-refractivity contribution in [3.8, 4) is 0 Å². The van der Waals surface area contributed by atoms with Gasteiger partial charge in [0.1, 0.15) is 12.1 Å². The Bertz CT molecular complexity index is 1540. The maximum absolute atomic E-state index is 13.5. The number of carbonyl (C=O) groups is 1. The fourth-order valence-electron chi connectivity index (χ4n) is 4.35. The van der Waals surface area contributed by atoms with Crippen molar-refractivity contribution in [1.82, 2.24) is 29.1 Å². The molecular weight excluding hydrogens is 532 g/mol. The van der Waals surface area contributed by atoms with Gasteiger partial charge in [-0.2, -0.15) is 9.29 Å². The molecule has 40 heavy (non-hydrogen) atoms. The molecule has 4 rings (SSSR count). The summed E-state index contributed by atoms with van der Waals surface area (Å²) in [5.74, 6) is -0.366. The number of aromatic nitrogens is 4. The number of hydrogen-bond donors (Lipinski definition) is 4. The molecular formula is C27H34N8O4S. The van der Waals surface area contributed by atoms with Crippen LogP contribution in [0.15, 0.2) is 72.0 Å². The minimum atomic E-state index is -3.95. The Hall–Kier alpha value is -4.07.